The summed E-state index contributed by atoms with van der Waals surface area (Å²) in [6, 6.07) is 0. The maximum absolute atomic E-state index is 13.1. The number of esters is 3. The molecule has 8 nitrogen and oxygen atoms in total. The summed E-state index contributed by atoms with van der Waals surface area (Å²) in [4.78, 5) is 38.3. The molecule has 3 heterocycles. The van der Waals surface area contributed by atoms with Gasteiger partial charge in [-0.05, 0) is 0 Å². The number of ether oxygens (including phenoxy) is 3. The van der Waals surface area contributed by atoms with Gasteiger partial charge in [-0.1, -0.05) is 0 Å². The van der Waals surface area contributed by atoms with Crippen LogP contribution in [0.5, 0.6) is 0 Å². The summed E-state index contributed by atoms with van der Waals surface area (Å²) < 4.78 is 23.0. The van der Waals surface area contributed by atoms with Crippen LogP contribution in [0.2, 0.25) is 0 Å². The number of fused-ring (bicyclic) bond motifs is 3. The molecular weight excluding hydrogens is 594 g/mol. The number of hydrogen-bond acceptors (Lipinski definition) is 8. The van der Waals surface area contributed by atoms with Crippen LogP contribution < -0.4 is 7.06 Å². The van der Waals surface area contributed by atoms with E-state index in [0.717, 1.165) is 25.7 Å². The molecule has 0 aromatic rings. The van der Waals surface area contributed by atoms with Gasteiger partial charge in [0.05, 0.1) is 0 Å². The summed E-state index contributed by atoms with van der Waals surface area (Å²) >= 11 is 0.800. The number of rotatable bonds is 5. The first kappa shape index (κ1) is 19.7. The number of nitrogens with one attached hydrogen (secondary N) is 2. The van der Waals surface area contributed by atoms with Crippen LogP contribution in [0.15, 0.2) is 0 Å². The van der Waals surface area contributed by atoms with Crippen LogP contribution in [0.3, 0.4) is 0 Å². The Labute approximate surface area is 184 Å². The van der Waals surface area contributed by atoms with Gasteiger partial charge in [-0.2, -0.15) is 0 Å². The minimum absolute atomic E-state index is 0.00272. The predicted octanol–water partition coefficient (Wildman–Crippen LogP) is 2.18. The fraction of sp³-hybridized carbons (Fsp3) is 0.833. The van der Waals surface area contributed by atoms with Crippen molar-refractivity contribution in [1.82, 2.24) is 7.06 Å². The van der Waals surface area contributed by atoms with Crippen molar-refractivity contribution in [3.05, 3.63) is 0 Å². The Bertz CT molecular complexity index is 736. The van der Waals surface area contributed by atoms with Gasteiger partial charge in [0, 0.05) is 0 Å². The summed E-state index contributed by atoms with van der Waals surface area (Å²) in [5, 5.41) is 0. The predicted molar refractivity (Wildman–Crippen MR) is 114 cm³/mol. The minimum atomic E-state index is -1.27. The van der Waals surface area contributed by atoms with Crippen LogP contribution in [0, 0.1) is 23.7 Å². The van der Waals surface area contributed by atoms with Crippen LogP contribution >= 0.6 is 43.0 Å². The van der Waals surface area contributed by atoms with E-state index in [1.165, 1.54) is 0 Å². The Morgan fingerprint density at radius 2 is 1.96 bits per heavy atom. The van der Waals surface area contributed by atoms with Gasteiger partial charge >= 0.3 is 186 Å². The summed E-state index contributed by atoms with van der Waals surface area (Å²) in [5.41, 5.74) is -0.449. The quantitative estimate of drug-likeness (QED) is 0.120. The molecule has 0 radical (unpaired) electrons. The van der Waals surface area contributed by atoms with Crippen molar-refractivity contribution >= 4 is 60.9 Å². The molecule has 0 aromatic carbocycles. The Hall–Kier alpha value is -0.210. The van der Waals surface area contributed by atoms with E-state index >= 15 is 0 Å². The second-order valence-electron chi connectivity index (χ2n) is 8.80. The van der Waals surface area contributed by atoms with E-state index in [-0.39, 0.29) is 25.4 Å². The van der Waals surface area contributed by atoms with E-state index in [1.807, 2.05) is 13.8 Å². The van der Waals surface area contributed by atoms with Gasteiger partial charge in [0.1, 0.15) is 0 Å². The third-order valence-corrected chi connectivity index (χ3v) is 13.9. The molecule has 3 saturated heterocycles. The third kappa shape index (κ3) is 3.08. The summed E-state index contributed by atoms with van der Waals surface area (Å²) in [6.45, 7) is 3.92. The number of alkyl halides is 2. The second kappa shape index (κ2) is 6.64. The Kier molecular flexibility index (Phi) is 4.68. The molecule has 2 saturated carbocycles. The SMILES string of the molecule is CC1CC2C(OC(=O)C(I)C34NI3N4)OC(=O)C1C2C(=O)OC1(C)CCCC1. The molecule has 2 bridgehead atoms. The molecule has 156 valence electrons. The van der Waals surface area contributed by atoms with Gasteiger partial charge in [0.2, 0.25) is 0 Å². The van der Waals surface area contributed by atoms with Crippen molar-refractivity contribution in [1.29, 1.82) is 0 Å². The molecule has 0 spiro atoms. The van der Waals surface area contributed by atoms with Gasteiger partial charge in [-0.25, -0.2) is 0 Å². The fourth-order valence-electron chi connectivity index (χ4n) is 5.02. The van der Waals surface area contributed by atoms with Gasteiger partial charge in [0.15, 0.2) is 0 Å². The zero-order chi connectivity index (χ0) is 19.8. The molecular formula is C18H24I2N2O6. The molecule has 5 aliphatic rings. The van der Waals surface area contributed by atoms with Crippen LogP contribution in [-0.4, -0.2) is 37.4 Å². The van der Waals surface area contributed by atoms with Crippen molar-refractivity contribution in [3.63, 3.8) is 0 Å². The van der Waals surface area contributed by atoms with E-state index in [4.69, 9.17) is 14.2 Å². The van der Waals surface area contributed by atoms with Crippen LogP contribution in [0.4, 0.5) is 0 Å². The van der Waals surface area contributed by atoms with Crippen molar-refractivity contribution < 1.29 is 28.6 Å². The zero-order valence-corrected chi connectivity index (χ0v) is 20.0. The second-order valence-corrected chi connectivity index (χ2v) is 14.4. The van der Waals surface area contributed by atoms with Gasteiger partial charge in [-0.3, -0.25) is 0 Å². The maximum atomic E-state index is 13.1. The molecule has 5 rings (SSSR count). The fourth-order valence-corrected chi connectivity index (χ4v) is 12.4. The normalized spacial score (nSPS) is 40.9. The van der Waals surface area contributed by atoms with Crippen molar-refractivity contribution in [2.75, 3.05) is 0 Å². The van der Waals surface area contributed by atoms with E-state index in [0.29, 0.717) is 6.42 Å². The standard InChI is InChI=1S/C18H24I2N2O6/c1-8-7-9-11(14(24)28-17(2)5-3-4-6-17)10(8)13(23)26-16(9)27-15(25)12(19)18-20(21-18)22-18/h8-12,16,21-22H,3-7H2,1-2H3. The zero-order valence-electron chi connectivity index (χ0n) is 15.7. The molecule has 3 aliphatic heterocycles. The van der Waals surface area contributed by atoms with E-state index < -0.39 is 56.0 Å². The van der Waals surface area contributed by atoms with Crippen molar-refractivity contribution in [3.8, 4) is 0 Å². The summed E-state index contributed by atoms with van der Waals surface area (Å²) in [5.74, 6) is -2.65. The molecule has 6 unspecified atom stereocenters. The average Bonchev–Trinajstić information content (AvgIpc) is 3.41. The number of cyclic esters (lactones) is 1. The topological polar surface area (TPSA) is 123 Å². The Morgan fingerprint density at radius 1 is 1.32 bits per heavy atom. The molecule has 2 aliphatic carbocycles. The molecule has 6 atom stereocenters. The first-order valence-corrected chi connectivity index (χ1v) is 14.3. The van der Waals surface area contributed by atoms with Gasteiger partial charge in [-0.15, -0.1) is 0 Å². The monoisotopic (exact) mass is 618 g/mol. The van der Waals surface area contributed by atoms with Crippen molar-refractivity contribution in [2.45, 2.75) is 65.4 Å². The molecule has 2 N–H and O–H groups in total. The molecule has 0 amide bonds. The van der Waals surface area contributed by atoms with E-state index in [9.17, 15) is 14.4 Å². The van der Waals surface area contributed by atoms with Crippen LogP contribution in [0.1, 0.15) is 46.0 Å². The Morgan fingerprint density at radius 3 is 2.57 bits per heavy atom. The first-order chi connectivity index (χ1) is 13.2. The average molecular weight is 618 g/mol. The summed E-state index contributed by atoms with van der Waals surface area (Å²) in [6.07, 6.45) is 3.39. The first-order valence-electron chi connectivity index (χ1n) is 9.77. The van der Waals surface area contributed by atoms with E-state index in [2.05, 4.69) is 29.7 Å². The van der Waals surface area contributed by atoms with Crippen LogP contribution in [0.25, 0.3) is 0 Å². The molecule has 5 fully saturated rings. The number of carbonyl (C=O) groups excluding carboxylic acids is 3. The molecule has 10 heteroatoms. The van der Waals surface area contributed by atoms with Crippen LogP contribution in [-0.2, 0) is 28.6 Å². The third-order valence-electron chi connectivity index (χ3n) is 6.72. The van der Waals surface area contributed by atoms with Crippen molar-refractivity contribution in [2.24, 2.45) is 23.7 Å². The number of halogens is 2. The summed E-state index contributed by atoms with van der Waals surface area (Å²) in [7, 11) is 0. The van der Waals surface area contributed by atoms with Gasteiger partial charge < -0.3 is 0 Å². The van der Waals surface area contributed by atoms with E-state index in [1.54, 1.807) is 0 Å². The Balaban J connectivity index is 1.32. The number of hydrogen-bond donors (Lipinski definition) is 2. The molecule has 0 aromatic heterocycles. The van der Waals surface area contributed by atoms with Gasteiger partial charge in [0.25, 0.3) is 0 Å². The number of carbonyl (C=O) groups is 3. The molecule has 28 heavy (non-hydrogen) atoms.